The summed E-state index contributed by atoms with van der Waals surface area (Å²) in [4.78, 5) is 17.9. The molecule has 0 fully saturated rings. The van der Waals surface area contributed by atoms with Crippen LogP contribution in [0.1, 0.15) is 0 Å². The molecular weight excluding hydrogens is 191 g/mol. The number of rotatable bonds is 0. The van der Waals surface area contributed by atoms with Crippen molar-refractivity contribution in [1.82, 2.24) is 0 Å². The van der Waals surface area contributed by atoms with Crippen molar-refractivity contribution in [2.75, 3.05) is 0 Å². The van der Waals surface area contributed by atoms with Gasteiger partial charge in [0, 0.05) is 0 Å². The van der Waals surface area contributed by atoms with Gasteiger partial charge in [0.15, 0.2) is 0 Å². The van der Waals surface area contributed by atoms with E-state index in [1.54, 1.807) is 0 Å². The Bertz CT molecular complexity index is 77.6. The number of carboxylic acid groups (broad SMARTS) is 2. The van der Waals surface area contributed by atoms with Gasteiger partial charge in [0.25, 0.3) is 0 Å². The van der Waals surface area contributed by atoms with Crippen molar-refractivity contribution in [3.05, 3.63) is 0 Å². The maximum absolute atomic E-state index is 8.93. The van der Waals surface area contributed by atoms with E-state index in [0.29, 0.717) is 0 Å². The molecule has 0 saturated heterocycles. The molecule has 63 valence electrons. The summed E-state index contributed by atoms with van der Waals surface area (Å²) in [5.41, 5.74) is 0. The molecule has 0 spiro atoms. The average molecular weight is 197 g/mol. The molecule has 6 N–H and O–H groups in total. The first-order valence-electron chi connectivity index (χ1n) is 1.07. The summed E-state index contributed by atoms with van der Waals surface area (Å²) in [7, 11) is 0. The van der Waals surface area contributed by atoms with Gasteiger partial charge >= 0.3 is 17.1 Å². The van der Waals surface area contributed by atoms with Gasteiger partial charge in [-0.2, -0.15) is 0 Å². The number of carboxylic acids is 2. The SMILES string of the molecule is O.O.O.O=C([O-])C(=O)[O-].[Mn+2]. The average Bonchev–Trinajstić information content (AvgIpc) is 1.36. The Morgan fingerprint density at radius 3 is 0.900 bits per heavy atom. The molecule has 0 unspecified atom stereocenters. The summed E-state index contributed by atoms with van der Waals surface area (Å²) >= 11 is 0. The van der Waals surface area contributed by atoms with Crippen molar-refractivity contribution in [1.29, 1.82) is 0 Å². The molecule has 10 heavy (non-hydrogen) atoms. The van der Waals surface area contributed by atoms with Crippen LogP contribution in [0.4, 0.5) is 0 Å². The second kappa shape index (κ2) is 15.8. The van der Waals surface area contributed by atoms with E-state index in [4.69, 9.17) is 19.8 Å². The second-order valence-electron chi connectivity index (χ2n) is 0.575. The van der Waals surface area contributed by atoms with Crippen LogP contribution >= 0.6 is 0 Å². The molecule has 0 amide bonds. The topological polar surface area (TPSA) is 175 Å². The predicted molar refractivity (Wildman–Crippen MR) is 20.9 cm³/mol. The van der Waals surface area contributed by atoms with Crippen molar-refractivity contribution >= 4 is 11.9 Å². The first kappa shape index (κ1) is 34.5. The van der Waals surface area contributed by atoms with E-state index in [1.165, 1.54) is 0 Å². The molecule has 0 aromatic carbocycles. The van der Waals surface area contributed by atoms with Crippen LogP contribution in [0.2, 0.25) is 0 Å². The van der Waals surface area contributed by atoms with Gasteiger partial charge in [-0.25, -0.2) is 0 Å². The fourth-order valence-corrected chi connectivity index (χ4v) is 0. The predicted octanol–water partition coefficient (Wildman–Crippen LogP) is -5.99. The van der Waals surface area contributed by atoms with E-state index in [-0.39, 0.29) is 33.5 Å². The molecule has 0 rings (SSSR count). The molecule has 0 saturated carbocycles. The van der Waals surface area contributed by atoms with Gasteiger partial charge in [0.1, 0.15) is 0 Å². The van der Waals surface area contributed by atoms with Gasteiger partial charge in [-0.1, -0.05) is 0 Å². The van der Waals surface area contributed by atoms with Crippen LogP contribution in [0.3, 0.4) is 0 Å². The largest absolute Gasteiger partial charge is 2.00 e. The maximum atomic E-state index is 8.93. The van der Waals surface area contributed by atoms with Gasteiger partial charge in [-0.15, -0.1) is 0 Å². The Labute approximate surface area is 66.1 Å². The summed E-state index contributed by atoms with van der Waals surface area (Å²) in [5, 5.41) is 17.9. The number of carbonyl (C=O) groups is 2. The molecule has 0 aliphatic heterocycles. The quantitative estimate of drug-likeness (QED) is 0.277. The molecule has 1 radical (unpaired) electrons. The number of hydrogen-bond donors (Lipinski definition) is 0. The fourth-order valence-electron chi connectivity index (χ4n) is 0. The minimum atomic E-state index is -2.19. The molecular formula is C2H6MnO7. The zero-order valence-electron chi connectivity index (χ0n) is 4.51. The fraction of sp³-hybridized carbons (Fsp3) is 0. The first-order chi connectivity index (χ1) is 2.64. The third-order valence-corrected chi connectivity index (χ3v) is 0.167. The zero-order chi connectivity index (χ0) is 5.15. The monoisotopic (exact) mass is 197 g/mol. The molecule has 0 atom stereocenters. The minimum absolute atomic E-state index is 0. The Kier molecular flexibility index (Phi) is 54.3. The summed E-state index contributed by atoms with van der Waals surface area (Å²) in [6.45, 7) is 0. The zero-order valence-corrected chi connectivity index (χ0v) is 5.69. The van der Waals surface area contributed by atoms with Gasteiger partial charge in [-0.05, 0) is 0 Å². The van der Waals surface area contributed by atoms with E-state index in [0.717, 1.165) is 0 Å². The van der Waals surface area contributed by atoms with Crippen LogP contribution in [0.15, 0.2) is 0 Å². The van der Waals surface area contributed by atoms with Crippen LogP contribution in [0.5, 0.6) is 0 Å². The van der Waals surface area contributed by atoms with Gasteiger partial charge in [0.2, 0.25) is 0 Å². The third-order valence-electron chi connectivity index (χ3n) is 0.167. The minimum Gasteiger partial charge on any atom is -0.543 e. The van der Waals surface area contributed by atoms with E-state index in [9.17, 15) is 0 Å². The smallest absolute Gasteiger partial charge is 0.543 e. The van der Waals surface area contributed by atoms with E-state index in [2.05, 4.69) is 0 Å². The van der Waals surface area contributed by atoms with Crippen LogP contribution in [0.25, 0.3) is 0 Å². The molecule has 8 heteroatoms. The van der Waals surface area contributed by atoms with Crippen molar-refractivity contribution in [2.24, 2.45) is 0 Å². The maximum Gasteiger partial charge on any atom is 2.00 e. The number of aliphatic carboxylic acids is 2. The van der Waals surface area contributed by atoms with Crippen molar-refractivity contribution in [3.8, 4) is 0 Å². The Balaban J connectivity index is -0.0000000208. The third kappa shape index (κ3) is 26.4. The Morgan fingerprint density at radius 2 is 0.900 bits per heavy atom. The standard InChI is InChI=1S/C2H2O4.Mn.3H2O/c3-1(4)2(5)6;;;;/h(H,3,4)(H,5,6);;3*1H2/q;+2;;;/p-2. The summed E-state index contributed by atoms with van der Waals surface area (Å²) in [5.74, 6) is -4.37. The number of carbonyl (C=O) groups excluding carboxylic acids is 2. The molecule has 0 aromatic rings. The second-order valence-corrected chi connectivity index (χ2v) is 0.575. The van der Waals surface area contributed by atoms with Crippen LogP contribution in [-0.2, 0) is 26.7 Å². The normalized spacial score (nSPS) is 4.40. The molecule has 0 aromatic heterocycles. The summed E-state index contributed by atoms with van der Waals surface area (Å²) in [6.07, 6.45) is 0. The van der Waals surface area contributed by atoms with Crippen LogP contribution in [0, 0.1) is 0 Å². The molecule has 0 aliphatic carbocycles. The van der Waals surface area contributed by atoms with Crippen molar-refractivity contribution in [3.63, 3.8) is 0 Å². The van der Waals surface area contributed by atoms with Gasteiger partial charge in [0.05, 0.1) is 11.9 Å². The molecule has 7 nitrogen and oxygen atoms in total. The first-order valence-corrected chi connectivity index (χ1v) is 1.07. The van der Waals surface area contributed by atoms with Crippen LogP contribution < -0.4 is 10.2 Å². The van der Waals surface area contributed by atoms with E-state index in [1.807, 2.05) is 0 Å². The van der Waals surface area contributed by atoms with E-state index >= 15 is 0 Å². The van der Waals surface area contributed by atoms with Crippen molar-refractivity contribution < 1.29 is 53.3 Å². The Hall–Kier alpha value is -0.661. The molecule has 0 bridgehead atoms. The number of hydrogen-bond acceptors (Lipinski definition) is 4. The Morgan fingerprint density at radius 1 is 0.800 bits per heavy atom. The van der Waals surface area contributed by atoms with E-state index < -0.39 is 11.9 Å². The van der Waals surface area contributed by atoms with Gasteiger partial charge < -0.3 is 36.2 Å². The van der Waals surface area contributed by atoms with Crippen molar-refractivity contribution in [2.45, 2.75) is 0 Å². The molecule has 0 aliphatic rings. The molecule has 0 heterocycles. The van der Waals surface area contributed by atoms with Gasteiger partial charge in [-0.3, -0.25) is 0 Å². The van der Waals surface area contributed by atoms with Crippen LogP contribution in [-0.4, -0.2) is 28.4 Å². The summed E-state index contributed by atoms with van der Waals surface area (Å²) < 4.78 is 0. The summed E-state index contributed by atoms with van der Waals surface area (Å²) in [6, 6.07) is 0.